The van der Waals surface area contributed by atoms with Gasteiger partial charge in [-0.2, -0.15) is 0 Å². The van der Waals surface area contributed by atoms with E-state index < -0.39 is 0 Å². The third kappa shape index (κ3) is 2.09. The van der Waals surface area contributed by atoms with E-state index in [9.17, 15) is 9.50 Å². The topological polar surface area (TPSA) is 23.5 Å². The molecule has 4 rings (SSSR count). The van der Waals surface area contributed by atoms with Crippen LogP contribution in [0.1, 0.15) is 49.7 Å². The number of hydrogen-bond donors (Lipinski definition) is 1. The summed E-state index contributed by atoms with van der Waals surface area (Å²) in [5.41, 5.74) is 3.13. The Bertz CT molecular complexity index is 560. The molecule has 1 aromatic rings. The van der Waals surface area contributed by atoms with E-state index in [4.69, 9.17) is 0 Å². The second kappa shape index (κ2) is 5.52. The molecule has 0 aromatic heterocycles. The number of benzene rings is 1. The predicted octanol–water partition coefficient (Wildman–Crippen LogP) is 3.81. The standard InChI is InChI=1S/C19H26FNO/c20-9-3-10-21-11-8-19-7-2-1-4-16(19)18(21)12-14-5-6-15(22)13-17(14)19/h5-6,13,16,18,22H,1-4,7-12H2/t16-,18+,19+/m0/s1. The summed E-state index contributed by atoms with van der Waals surface area (Å²) in [6, 6.07) is 6.59. The van der Waals surface area contributed by atoms with Crippen molar-refractivity contribution < 1.29 is 9.50 Å². The van der Waals surface area contributed by atoms with Gasteiger partial charge in [0.05, 0.1) is 6.67 Å². The van der Waals surface area contributed by atoms with Crippen LogP contribution in [0.3, 0.4) is 0 Å². The van der Waals surface area contributed by atoms with E-state index in [0.29, 0.717) is 24.1 Å². The highest BCUT2D eigenvalue weighted by molar-refractivity contribution is 5.45. The molecule has 120 valence electrons. The smallest absolute Gasteiger partial charge is 0.115 e. The molecule has 2 nitrogen and oxygen atoms in total. The van der Waals surface area contributed by atoms with E-state index in [2.05, 4.69) is 11.0 Å². The zero-order chi connectivity index (χ0) is 15.2. The summed E-state index contributed by atoms with van der Waals surface area (Å²) in [6.07, 6.45) is 8.12. The molecule has 2 bridgehead atoms. The number of halogens is 1. The van der Waals surface area contributed by atoms with Gasteiger partial charge in [0.15, 0.2) is 0 Å². The number of nitrogens with zero attached hydrogens (tertiary/aromatic N) is 1. The molecule has 0 spiro atoms. The molecule has 0 amide bonds. The maximum atomic E-state index is 12.6. The quantitative estimate of drug-likeness (QED) is 0.918. The Morgan fingerprint density at radius 2 is 2.18 bits per heavy atom. The molecule has 3 aliphatic rings. The van der Waals surface area contributed by atoms with Crippen LogP contribution in [-0.2, 0) is 11.8 Å². The first-order chi connectivity index (χ1) is 10.7. The van der Waals surface area contributed by atoms with Crippen molar-refractivity contribution in [1.29, 1.82) is 0 Å². The first-order valence-corrected chi connectivity index (χ1v) is 8.87. The molecule has 1 saturated heterocycles. The number of phenols is 1. The van der Waals surface area contributed by atoms with Gasteiger partial charge in [0.25, 0.3) is 0 Å². The van der Waals surface area contributed by atoms with Gasteiger partial charge >= 0.3 is 0 Å². The summed E-state index contributed by atoms with van der Waals surface area (Å²) in [4.78, 5) is 2.56. The predicted molar refractivity (Wildman–Crippen MR) is 86.0 cm³/mol. The van der Waals surface area contributed by atoms with Crippen molar-refractivity contribution >= 4 is 0 Å². The van der Waals surface area contributed by atoms with Gasteiger partial charge in [-0.1, -0.05) is 18.9 Å². The van der Waals surface area contributed by atoms with Crippen molar-refractivity contribution in [2.75, 3.05) is 19.8 Å². The Morgan fingerprint density at radius 1 is 1.27 bits per heavy atom. The second-order valence-corrected chi connectivity index (χ2v) is 7.45. The van der Waals surface area contributed by atoms with Crippen LogP contribution in [-0.4, -0.2) is 35.8 Å². The van der Waals surface area contributed by atoms with Gasteiger partial charge in [-0.3, -0.25) is 9.29 Å². The normalized spacial score (nSPS) is 34.0. The van der Waals surface area contributed by atoms with Gasteiger partial charge < -0.3 is 5.11 Å². The number of aromatic hydroxyl groups is 1. The van der Waals surface area contributed by atoms with Gasteiger partial charge in [0, 0.05) is 18.0 Å². The average Bonchev–Trinajstić information content (AvgIpc) is 2.55. The van der Waals surface area contributed by atoms with Gasteiger partial charge in [-0.25, -0.2) is 0 Å². The molecular formula is C19H26FNO. The number of fused-ring (bicyclic) bond motifs is 1. The van der Waals surface area contributed by atoms with Crippen LogP contribution in [0.5, 0.6) is 5.75 Å². The molecule has 3 heteroatoms. The third-order valence-corrected chi connectivity index (χ3v) is 6.51. The highest BCUT2D eigenvalue weighted by Gasteiger charge is 2.53. The summed E-state index contributed by atoms with van der Waals surface area (Å²) in [7, 11) is 0. The van der Waals surface area contributed by atoms with Crippen LogP contribution in [0.15, 0.2) is 18.2 Å². The van der Waals surface area contributed by atoms with E-state index in [-0.39, 0.29) is 12.1 Å². The van der Waals surface area contributed by atoms with Gasteiger partial charge in [-0.15, -0.1) is 0 Å². The van der Waals surface area contributed by atoms with Crippen LogP contribution in [0.25, 0.3) is 0 Å². The molecule has 0 radical (unpaired) electrons. The molecule has 22 heavy (non-hydrogen) atoms. The number of alkyl halides is 1. The SMILES string of the molecule is Oc1ccc2c(c1)[C@@]13CCCC[C@H]1[C@@H](C2)N(CCCF)CC3. The molecular weight excluding hydrogens is 277 g/mol. The zero-order valence-corrected chi connectivity index (χ0v) is 13.2. The Hall–Kier alpha value is -1.09. The largest absolute Gasteiger partial charge is 0.508 e. The maximum Gasteiger partial charge on any atom is 0.115 e. The average molecular weight is 303 g/mol. The second-order valence-electron chi connectivity index (χ2n) is 7.45. The minimum absolute atomic E-state index is 0.205. The first kappa shape index (κ1) is 14.5. The Labute approximate surface area is 132 Å². The molecule has 1 heterocycles. The van der Waals surface area contributed by atoms with Crippen molar-refractivity contribution in [3.05, 3.63) is 29.3 Å². The first-order valence-electron chi connectivity index (χ1n) is 8.87. The number of phenolic OH excluding ortho intramolecular Hbond substituents is 1. The highest BCUT2D eigenvalue weighted by atomic mass is 19.1. The number of rotatable bonds is 3. The van der Waals surface area contributed by atoms with Gasteiger partial charge in [0.2, 0.25) is 0 Å². The lowest BCUT2D eigenvalue weighted by atomic mass is 9.52. The van der Waals surface area contributed by atoms with Gasteiger partial charge in [-0.05, 0) is 67.8 Å². The lowest BCUT2D eigenvalue weighted by Crippen LogP contribution is -2.61. The van der Waals surface area contributed by atoms with E-state index in [0.717, 1.165) is 19.5 Å². The molecule has 2 fully saturated rings. The number of likely N-dealkylation sites (tertiary alicyclic amines) is 1. The fourth-order valence-corrected chi connectivity index (χ4v) is 5.61. The molecule has 1 N–H and O–H groups in total. The van der Waals surface area contributed by atoms with Gasteiger partial charge in [0.1, 0.15) is 5.75 Å². The van der Waals surface area contributed by atoms with E-state index in [1.807, 2.05) is 12.1 Å². The summed E-state index contributed by atoms with van der Waals surface area (Å²) >= 11 is 0. The monoisotopic (exact) mass is 303 g/mol. The van der Waals surface area contributed by atoms with Crippen molar-refractivity contribution in [2.45, 2.75) is 56.4 Å². The maximum absolute atomic E-state index is 12.6. The van der Waals surface area contributed by atoms with E-state index >= 15 is 0 Å². The molecule has 1 aliphatic heterocycles. The van der Waals surface area contributed by atoms with Crippen LogP contribution in [0.4, 0.5) is 4.39 Å². The van der Waals surface area contributed by atoms with Crippen LogP contribution in [0, 0.1) is 5.92 Å². The number of hydrogen-bond acceptors (Lipinski definition) is 2. The van der Waals surface area contributed by atoms with Crippen LogP contribution < -0.4 is 0 Å². The van der Waals surface area contributed by atoms with E-state index in [1.165, 1.54) is 43.2 Å². The minimum Gasteiger partial charge on any atom is -0.508 e. The Kier molecular flexibility index (Phi) is 3.64. The molecule has 2 aliphatic carbocycles. The highest BCUT2D eigenvalue weighted by Crippen LogP contribution is 2.56. The van der Waals surface area contributed by atoms with Crippen LogP contribution in [0.2, 0.25) is 0 Å². The zero-order valence-electron chi connectivity index (χ0n) is 13.2. The Morgan fingerprint density at radius 3 is 3.05 bits per heavy atom. The summed E-state index contributed by atoms with van der Waals surface area (Å²) in [6.45, 7) is 1.79. The molecule has 0 unspecified atom stereocenters. The van der Waals surface area contributed by atoms with Crippen molar-refractivity contribution in [1.82, 2.24) is 4.90 Å². The summed E-state index contributed by atoms with van der Waals surface area (Å²) in [5.74, 6) is 1.11. The fourth-order valence-electron chi connectivity index (χ4n) is 5.61. The van der Waals surface area contributed by atoms with Crippen molar-refractivity contribution in [2.24, 2.45) is 5.92 Å². The summed E-state index contributed by atoms with van der Waals surface area (Å²) < 4.78 is 12.6. The lowest BCUT2D eigenvalue weighted by Gasteiger charge is -2.59. The molecule has 3 atom stereocenters. The Balaban J connectivity index is 1.75. The summed E-state index contributed by atoms with van der Waals surface area (Å²) in [5, 5.41) is 9.99. The third-order valence-electron chi connectivity index (χ3n) is 6.51. The van der Waals surface area contributed by atoms with Crippen LogP contribution >= 0.6 is 0 Å². The minimum atomic E-state index is -0.205. The fraction of sp³-hybridized carbons (Fsp3) is 0.684. The van der Waals surface area contributed by atoms with E-state index in [1.54, 1.807) is 0 Å². The number of piperidine rings is 1. The molecule has 1 aromatic carbocycles. The van der Waals surface area contributed by atoms with Crippen molar-refractivity contribution in [3.63, 3.8) is 0 Å². The molecule has 1 saturated carbocycles. The van der Waals surface area contributed by atoms with Crippen molar-refractivity contribution in [3.8, 4) is 5.75 Å². The lowest BCUT2D eigenvalue weighted by molar-refractivity contribution is -0.0123.